The number of hydrogen-bond acceptors (Lipinski definition) is 4. The van der Waals surface area contributed by atoms with Gasteiger partial charge in [0.2, 0.25) is 0 Å². The Balaban J connectivity index is 1.82. The number of pyridine rings is 1. The van der Waals surface area contributed by atoms with E-state index in [1.807, 2.05) is 50.2 Å². The van der Waals surface area contributed by atoms with Gasteiger partial charge in [-0.05, 0) is 55.9 Å². The highest BCUT2D eigenvalue weighted by Gasteiger charge is 2.08. The zero-order valence-electron chi connectivity index (χ0n) is 13.5. The maximum Gasteiger partial charge on any atom is 0.172 e. The van der Waals surface area contributed by atoms with Crippen molar-refractivity contribution >= 4 is 23.1 Å². The predicted molar refractivity (Wildman–Crippen MR) is 96.3 cm³/mol. The minimum absolute atomic E-state index is 0.0321. The fourth-order valence-corrected chi connectivity index (χ4v) is 2.28. The molecule has 0 amide bonds. The number of rotatable bonds is 6. The molecule has 2 aromatic rings. The summed E-state index contributed by atoms with van der Waals surface area (Å²) >= 11 is 5.29. The van der Waals surface area contributed by atoms with Crippen LogP contribution in [0.25, 0.3) is 0 Å². The highest BCUT2D eigenvalue weighted by molar-refractivity contribution is 7.80. The molecule has 2 N–H and O–H groups in total. The topological polar surface area (TPSA) is 55.4 Å². The second-order valence-corrected chi connectivity index (χ2v) is 5.59. The van der Waals surface area contributed by atoms with E-state index in [-0.39, 0.29) is 6.04 Å². The third-order valence-corrected chi connectivity index (χ3v) is 3.31. The number of hydrogen-bond donors (Lipinski definition) is 2. The lowest BCUT2D eigenvalue weighted by Crippen LogP contribution is -2.39. The average Bonchev–Trinajstić information content (AvgIpc) is 2.53. The molecular formula is C17H21N3O2S. The maximum atomic E-state index is 5.77. The zero-order valence-corrected chi connectivity index (χ0v) is 14.3. The molecule has 122 valence electrons. The number of nitrogens with one attached hydrogen (secondary N) is 2. The van der Waals surface area contributed by atoms with Crippen LogP contribution >= 0.6 is 12.2 Å². The van der Waals surface area contributed by atoms with Crippen molar-refractivity contribution in [2.45, 2.75) is 19.9 Å². The summed E-state index contributed by atoms with van der Waals surface area (Å²) in [6.45, 7) is 4.46. The molecule has 1 heterocycles. The van der Waals surface area contributed by atoms with Crippen LogP contribution in [0.3, 0.4) is 0 Å². The Kier molecular flexibility index (Phi) is 6.17. The molecule has 0 saturated heterocycles. The van der Waals surface area contributed by atoms with E-state index in [9.17, 15) is 0 Å². The number of anilines is 1. The fourth-order valence-electron chi connectivity index (χ4n) is 1.98. The summed E-state index contributed by atoms with van der Waals surface area (Å²) < 4.78 is 11.0. The van der Waals surface area contributed by atoms with Crippen LogP contribution in [-0.4, -0.2) is 29.9 Å². The first-order valence-electron chi connectivity index (χ1n) is 7.34. The van der Waals surface area contributed by atoms with Crippen molar-refractivity contribution in [1.29, 1.82) is 0 Å². The van der Waals surface area contributed by atoms with Gasteiger partial charge in [-0.2, -0.15) is 0 Å². The van der Waals surface area contributed by atoms with Crippen LogP contribution in [0.2, 0.25) is 0 Å². The minimum atomic E-state index is 0.0321. The SMILES string of the molecule is COc1ccccc1OC[C@H](C)NC(=S)Nc1cc(C)ccn1. The largest absolute Gasteiger partial charge is 0.493 e. The van der Waals surface area contributed by atoms with E-state index < -0.39 is 0 Å². The first kappa shape index (κ1) is 17.0. The Morgan fingerprint density at radius 1 is 1.26 bits per heavy atom. The van der Waals surface area contributed by atoms with Crippen LogP contribution in [0.15, 0.2) is 42.6 Å². The molecule has 1 atom stereocenters. The molecule has 0 bridgehead atoms. The molecular weight excluding hydrogens is 310 g/mol. The van der Waals surface area contributed by atoms with Gasteiger partial charge in [-0.3, -0.25) is 0 Å². The molecule has 0 aliphatic carbocycles. The Morgan fingerprint density at radius 2 is 2.00 bits per heavy atom. The number of para-hydroxylation sites is 2. The maximum absolute atomic E-state index is 5.77. The zero-order chi connectivity index (χ0) is 16.7. The molecule has 0 radical (unpaired) electrons. The summed E-state index contributed by atoms with van der Waals surface area (Å²) in [5.74, 6) is 2.15. The standard InChI is InChI=1S/C17H21N3O2S/c1-12-8-9-18-16(10-12)20-17(23)19-13(2)11-22-15-7-5-4-6-14(15)21-3/h4-10,13H,11H2,1-3H3,(H2,18,19,20,23)/t13-/m0/s1. The first-order valence-corrected chi connectivity index (χ1v) is 7.75. The number of thiocarbonyl (C=S) groups is 1. The Hall–Kier alpha value is -2.34. The van der Waals surface area contributed by atoms with E-state index in [1.165, 1.54) is 0 Å². The Bertz CT molecular complexity index is 664. The lowest BCUT2D eigenvalue weighted by molar-refractivity contribution is 0.270. The van der Waals surface area contributed by atoms with E-state index in [0.29, 0.717) is 23.2 Å². The second kappa shape index (κ2) is 8.33. The quantitative estimate of drug-likeness (QED) is 0.793. The number of ether oxygens (including phenoxy) is 2. The number of nitrogens with zero attached hydrogens (tertiary/aromatic N) is 1. The highest BCUT2D eigenvalue weighted by Crippen LogP contribution is 2.25. The summed E-state index contributed by atoms with van der Waals surface area (Å²) in [6, 6.07) is 11.5. The summed E-state index contributed by atoms with van der Waals surface area (Å²) in [5.41, 5.74) is 1.12. The van der Waals surface area contributed by atoms with Gasteiger partial charge in [0.05, 0.1) is 13.2 Å². The monoisotopic (exact) mass is 331 g/mol. The van der Waals surface area contributed by atoms with Gasteiger partial charge in [-0.25, -0.2) is 4.98 Å². The molecule has 0 saturated carbocycles. The molecule has 0 unspecified atom stereocenters. The van der Waals surface area contributed by atoms with Crippen molar-refractivity contribution in [3.63, 3.8) is 0 Å². The van der Waals surface area contributed by atoms with Gasteiger partial charge in [0.15, 0.2) is 16.6 Å². The normalized spacial score (nSPS) is 11.4. The van der Waals surface area contributed by atoms with Crippen molar-refractivity contribution in [2.24, 2.45) is 0 Å². The van der Waals surface area contributed by atoms with Crippen molar-refractivity contribution in [3.05, 3.63) is 48.2 Å². The summed E-state index contributed by atoms with van der Waals surface area (Å²) in [5, 5.41) is 6.75. The third kappa shape index (κ3) is 5.41. The summed E-state index contributed by atoms with van der Waals surface area (Å²) in [4.78, 5) is 4.22. The number of aromatic nitrogens is 1. The predicted octanol–water partition coefficient (Wildman–Crippen LogP) is 3.15. The molecule has 5 nitrogen and oxygen atoms in total. The van der Waals surface area contributed by atoms with Gasteiger partial charge < -0.3 is 20.1 Å². The molecule has 0 fully saturated rings. The Labute approximate surface area is 142 Å². The highest BCUT2D eigenvalue weighted by atomic mass is 32.1. The van der Waals surface area contributed by atoms with E-state index in [2.05, 4.69) is 15.6 Å². The average molecular weight is 331 g/mol. The van der Waals surface area contributed by atoms with Gasteiger partial charge >= 0.3 is 0 Å². The molecule has 0 aliphatic rings. The second-order valence-electron chi connectivity index (χ2n) is 5.18. The van der Waals surface area contributed by atoms with Crippen molar-refractivity contribution in [2.75, 3.05) is 19.0 Å². The third-order valence-electron chi connectivity index (χ3n) is 3.09. The van der Waals surface area contributed by atoms with Gasteiger partial charge in [0, 0.05) is 6.20 Å². The summed E-state index contributed by atoms with van der Waals surface area (Å²) in [7, 11) is 1.62. The summed E-state index contributed by atoms with van der Waals surface area (Å²) in [6.07, 6.45) is 1.74. The van der Waals surface area contributed by atoms with Crippen LogP contribution in [0, 0.1) is 6.92 Å². The fraction of sp³-hybridized carbons (Fsp3) is 0.294. The van der Waals surface area contributed by atoms with Crippen LogP contribution in [-0.2, 0) is 0 Å². The van der Waals surface area contributed by atoms with E-state index >= 15 is 0 Å². The van der Waals surface area contributed by atoms with Crippen molar-refractivity contribution in [3.8, 4) is 11.5 Å². The van der Waals surface area contributed by atoms with Gasteiger partial charge in [0.1, 0.15) is 12.4 Å². The minimum Gasteiger partial charge on any atom is -0.493 e. The van der Waals surface area contributed by atoms with Gasteiger partial charge in [-0.15, -0.1) is 0 Å². The smallest absolute Gasteiger partial charge is 0.172 e. The molecule has 0 aliphatic heterocycles. The van der Waals surface area contributed by atoms with Crippen molar-refractivity contribution < 1.29 is 9.47 Å². The van der Waals surface area contributed by atoms with Crippen molar-refractivity contribution in [1.82, 2.24) is 10.3 Å². The van der Waals surface area contributed by atoms with Crippen LogP contribution in [0.4, 0.5) is 5.82 Å². The molecule has 2 rings (SSSR count). The van der Waals surface area contributed by atoms with Crippen LogP contribution < -0.4 is 20.1 Å². The van der Waals surface area contributed by atoms with Crippen LogP contribution in [0.1, 0.15) is 12.5 Å². The lowest BCUT2D eigenvalue weighted by Gasteiger charge is -2.18. The van der Waals surface area contributed by atoms with Crippen LogP contribution in [0.5, 0.6) is 11.5 Å². The van der Waals surface area contributed by atoms with E-state index in [1.54, 1.807) is 13.3 Å². The number of benzene rings is 1. The molecule has 6 heteroatoms. The number of methoxy groups -OCH3 is 1. The van der Waals surface area contributed by atoms with Gasteiger partial charge in [-0.1, -0.05) is 12.1 Å². The lowest BCUT2D eigenvalue weighted by atomic mass is 10.3. The van der Waals surface area contributed by atoms with Gasteiger partial charge in [0.25, 0.3) is 0 Å². The van der Waals surface area contributed by atoms with E-state index in [0.717, 1.165) is 11.4 Å². The first-order chi connectivity index (χ1) is 11.1. The molecule has 1 aromatic carbocycles. The van der Waals surface area contributed by atoms with E-state index in [4.69, 9.17) is 21.7 Å². The Morgan fingerprint density at radius 3 is 2.70 bits per heavy atom. The molecule has 1 aromatic heterocycles. The molecule has 23 heavy (non-hydrogen) atoms. The number of aryl methyl sites for hydroxylation is 1. The molecule has 0 spiro atoms.